The fourth-order valence-corrected chi connectivity index (χ4v) is 6.16. The molecule has 0 aromatic heterocycles. The van der Waals surface area contributed by atoms with Crippen molar-refractivity contribution in [2.75, 3.05) is 13.1 Å². The highest BCUT2D eigenvalue weighted by molar-refractivity contribution is 7.94. The van der Waals surface area contributed by atoms with Gasteiger partial charge in [-0.3, -0.25) is 0 Å². The summed E-state index contributed by atoms with van der Waals surface area (Å²) in [5.74, 6) is 0. The average Bonchev–Trinajstić information content (AvgIpc) is 2.99. The van der Waals surface area contributed by atoms with Gasteiger partial charge in [0.1, 0.15) is 0 Å². The van der Waals surface area contributed by atoms with Gasteiger partial charge in [-0.2, -0.15) is 0 Å². The molecule has 1 aliphatic heterocycles. The number of nitrogens with zero attached hydrogens (tertiary/aromatic N) is 2. The molecule has 0 spiro atoms. The predicted octanol–water partition coefficient (Wildman–Crippen LogP) is 2.28. The van der Waals surface area contributed by atoms with E-state index in [4.69, 9.17) is 12.2 Å². The van der Waals surface area contributed by atoms with Crippen LogP contribution in [0.2, 0.25) is 0 Å². The molecule has 1 heterocycles. The molecule has 3 rings (SSSR count). The Morgan fingerprint density at radius 2 is 1.00 bits per heavy atom. The summed E-state index contributed by atoms with van der Waals surface area (Å²) in [7, 11) is -7.80. The number of hydrogen-bond donors (Lipinski definition) is 0. The Kier molecular flexibility index (Phi) is 4.80. The number of hydrogen-bond acceptors (Lipinski definition) is 5. The van der Waals surface area contributed by atoms with E-state index in [9.17, 15) is 16.8 Å². The van der Waals surface area contributed by atoms with Crippen LogP contribution in [0.5, 0.6) is 0 Å². The third-order valence-corrected chi connectivity index (χ3v) is 8.43. The van der Waals surface area contributed by atoms with Crippen LogP contribution in [0.15, 0.2) is 58.3 Å². The molecule has 138 valence electrons. The molecule has 1 saturated heterocycles. The van der Waals surface area contributed by atoms with Crippen molar-refractivity contribution in [3.63, 3.8) is 0 Å². The molecule has 0 bridgehead atoms. The Labute approximate surface area is 159 Å². The maximum atomic E-state index is 12.8. The minimum atomic E-state index is -3.90. The number of rotatable bonds is 4. The SMILES string of the molecule is Cc1ccc(S(=O)(=O)N2CCN(S(=O)(=O)c3ccc(C)cc3)C2=S)cc1. The van der Waals surface area contributed by atoms with Crippen LogP contribution < -0.4 is 0 Å². The number of thiocarbonyl (C=S) groups is 1. The van der Waals surface area contributed by atoms with E-state index in [0.717, 1.165) is 19.7 Å². The Bertz CT molecular complexity index is 959. The maximum Gasteiger partial charge on any atom is 0.266 e. The van der Waals surface area contributed by atoms with Gasteiger partial charge in [0.15, 0.2) is 5.11 Å². The van der Waals surface area contributed by atoms with E-state index in [0.29, 0.717) is 0 Å². The van der Waals surface area contributed by atoms with Crippen LogP contribution in [-0.2, 0) is 20.0 Å². The molecule has 1 aliphatic rings. The number of benzene rings is 2. The molecule has 0 amide bonds. The van der Waals surface area contributed by atoms with Crippen molar-refractivity contribution >= 4 is 37.4 Å². The summed E-state index contributed by atoms with van der Waals surface area (Å²) in [5.41, 5.74) is 1.85. The Morgan fingerprint density at radius 1 is 0.692 bits per heavy atom. The van der Waals surface area contributed by atoms with Crippen LogP contribution >= 0.6 is 12.2 Å². The smallest absolute Gasteiger partial charge is 0.239 e. The van der Waals surface area contributed by atoms with Crippen molar-refractivity contribution in [1.82, 2.24) is 8.61 Å². The Hall–Kier alpha value is -1.97. The minimum absolute atomic E-state index is 0.0138. The van der Waals surface area contributed by atoms with E-state index in [2.05, 4.69) is 0 Å². The van der Waals surface area contributed by atoms with Crippen molar-refractivity contribution in [2.45, 2.75) is 23.6 Å². The standard InChI is InChI=1S/C17H18N2O4S3/c1-13-3-7-15(8-4-13)25(20,21)18-11-12-19(17(18)24)26(22,23)16-9-5-14(2)6-10-16/h3-10H,11-12H2,1-2H3. The highest BCUT2D eigenvalue weighted by atomic mass is 32.2. The summed E-state index contributed by atoms with van der Waals surface area (Å²) in [6.45, 7) is 3.68. The second-order valence-electron chi connectivity index (χ2n) is 6.06. The topological polar surface area (TPSA) is 74.8 Å². The van der Waals surface area contributed by atoms with Crippen LogP contribution in [0.1, 0.15) is 11.1 Å². The van der Waals surface area contributed by atoms with E-state index in [1.165, 1.54) is 24.3 Å². The second-order valence-corrected chi connectivity index (χ2v) is 10.2. The molecule has 26 heavy (non-hydrogen) atoms. The van der Waals surface area contributed by atoms with Crippen molar-refractivity contribution in [3.8, 4) is 0 Å². The number of aryl methyl sites for hydroxylation is 2. The summed E-state index contributed by atoms with van der Waals surface area (Å²) >= 11 is 5.20. The van der Waals surface area contributed by atoms with E-state index in [-0.39, 0.29) is 28.0 Å². The minimum Gasteiger partial charge on any atom is -0.239 e. The number of sulfonamides is 2. The molecule has 0 unspecified atom stereocenters. The van der Waals surface area contributed by atoms with Gasteiger partial charge in [-0.25, -0.2) is 25.4 Å². The monoisotopic (exact) mass is 410 g/mol. The zero-order valence-corrected chi connectivity index (χ0v) is 16.7. The molecule has 2 aromatic rings. The Morgan fingerprint density at radius 3 is 1.31 bits per heavy atom. The van der Waals surface area contributed by atoms with E-state index >= 15 is 0 Å². The van der Waals surface area contributed by atoms with Crippen molar-refractivity contribution in [2.24, 2.45) is 0 Å². The van der Waals surface area contributed by atoms with Crippen LogP contribution in [-0.4, -0.2) is 43.6 Å². The van der Waals surface area contributed by atoms with Crippen LogP contribution in [0.25, 0.3) is 0 Å². The first-order chi connectivity index (χ1) is 12.1. The molecule has 9 heteroatoms. The highest BCUT2D eigenvalue weighted by Gasteiger charge is 2.40. The quantitative estimate of drug-likeness (QED) is 0.723. The van der Waals surface area contributed by atoms with Gasteiger partial charge in [0.05, 0.1) is 22.9 Å². The first-order valence-electron chi connectivity index (χ1n) is 7.87. The Balaban J connectivity index is 1.92. The van der Waals surface area contributed by atoms with Gasteiger partial charge in [0.25, 0.3) is 20.0 Å². The molecular formula is C17H18N2O4S3. The highest BCUT2D eigenvalue weighted by Crippen LogP contribution is 2.26. The molecule has 0 aliphatic carbocycles. The summed E-state index contributed by atoms with van der Waals surface area (Å²) in [4.78, 5) is 0.167. The van der Waals surface area contributed by atoms with Gasteiger partial charge in [-0.1, -0.05) is 35.4 Å². The molecule has 6 nitrogen and oxygen atoms in total. The predicted molar refractivity (Wildman–Crippen MR) is 103 cm³/mol. The molecule has 2 aromatic carbocycles. The third kappa shape index (κ3) is 3.22. The van der Waals surface area contributed by atoms with Crippen LogP contribution in [0, 0.1) is 13.8 Å². The van der Waals surface area contributed by atoms with E-state index in [1.54, 1.807) is 24.3 Å². The lowest BCUT2D eigenvalue weighted by atomic mass is 10.2. The molecule has 1 fully saturated rings. The first-order valence-corrected chi connectivity index (χ1v) is 11.2. The second kappa shape index (κ2) is 6.64. The van der Waals surface area contributed by atoms with Crippen molar-refractivity contribution < 1.29 is 16.8 Å². The van der Waals surface area contributed by atoms with Gasteiger partial charge in [-0.05, 0) is 50.3 Å². The third-order valence-electron chi connectivity index (χ3n) is 4.15. The van der Waals surface area contributed by atoms with Crippen molar-refractivity contribution in [3.05, 3.63) is 59.7 Å². The lowest BCUT2D eigenvalue weighted by Crippen LogP contribution is -2.38. The summed E-state index contributed by atoms with van der Waals surface area (Å²) in [5, 5.41) is -0.230. The zero-order valence-electron chi connectivity index (χ0n) is 14.3. The molecule has 0 atom stereocenters. The summed E-state index contributed by atoms with van der Waals surface area (Å²) in [6.07, 6.45) is 0. The zero-order chi connectivity index (χ0) is 19.1. The van der Waals surface area contributed by atoms with Gasteiger partial charge in [-0.15, -0.1) is 0 Å². The summed E-state index contributed by atoms with van der Waals surface area (Å²) in [6, 6.07) is 12.7. The largest absolute Gasteiger partial charge is 0.266 e. The van der Waals surface area contributed by atoms with E-state index in [1.807, 2.05) is 13.8 Å². The van der Waals surface area contributed by atoms with E-state index < -0.39 is 20.0 Å². The van der Waals surface area contributed by atoms with Crippen molar-refractivity contribution in [1.29, 1.82) is 0 Å². The maximum absolute atomic E-state index is 12.8. The first kappa shape index (κ1) is 18.8. The van der Waals surface area contributed by atoms with Gasteiger partial charge >= 0.3 is 0 Å². The molecule has 0 saturated carbocycles. The average molecular weight is 411 g/mol. The summed E-state index contributed by atoms with van der Waals surface area (Å²) < 4.78 is 53.2. The lowest BCUT2D eigenvalue weighted by Gasteiger charge is -2.21. The van der Waals surface area contributed by atoms with Gasteiger partial charge < -0.3 is 0 Å². The van der Waals surface area contributed by atoms with Crippen LogP contribution in [0.4, 0.5) is 0 Å². The molecular weight excluding hydrogens is 392 g/mol. The fourth-order valence-electron chi connectivity index (χ4n) is 2.62. The molecule has 0 radical (unpaired) electrons. The van der Waals surface area contributed by atoms with Gasteiger partial charge in [0, 0.05) is 0 Å². The van der Waals surface area contributed by atoms with Gasteiger partial charge in [0.2, 0.25) is 0 Å². The molecule has 0 N–H and O–H groups in total. The lowest BCUT2D eigenvalue weighted by molar-refractivity contribution is 0.536. The fraction of sp³-hybridized carbons (Fsp3) is 0.235. The normalized spacial score (nSPS) is 15.5. The van der Waals surface area contributed by atoms with Crippen LogP contribution in [0.3, 0.4) is 0 Å².